The number of alkyl halides is 2. The number of anilines is 1. The van der Waals surface area contributed by atoms with Crippen LogP contribution in [0.3, 0.4) is 0 Å². The summed E-state index contributed by atoms with van der Waals surface area (Å²) in [7, 11) is 3.43. The molecule has 1 atom stereocenters. The molecule has 0 bridgehead atoms. The lowest BCUT2D eigenvalue weighted by Crippen LogP contribution is -2.34. The molecule has 0 saturated carbocycles. The van der Waals surface area contributed by atoms with Crippen LogP contribution in [0.1, 0.15) is 17.2 Å². The van der Waals surface area contributed by atoms with Crippen LogP contribution in [0, 0.1) is 0 Å². The van der Waals surface area contributed by atoms with Crippen LogP contribution in [0.5, 0.6) is 11.5 Å². The average Bonchev–Trinajstić information content (AvgIpc) is 2.76. The summed E-state index contributed by atoms with van der Waals surface area (Å²) in [5.41, 5.74) is 2.37. The van der Waals surface area contributed by atoms with Gasteiger partial charge in [-0.25, -0.2) is 0 Å². The molecular formula is C24H24F2N2O3. The second kappa shape index (κ2) is 10.5. The summed E-state index contributed by atoms with van der Waals surface area (Å²) < 4.78 is 34.3. The number of benzene rings is 3. The summed E-state index contributed by atoms with van der Waals surface area (Å²) in [5, 5.41) is 2.95. The van der Waals surface area contributed by atoms with Crippen LogP contribution in [0.2, 0.25) is 0 Å². The predicted molar refractivity (Wildman–Crippen MR) is 115 cm³/mol. The monoisotopic (exact) mass is 426 g/mol. The van der Waals surface area contributed by atoms with E-state index in [4.69, 9.17) is 4.74 Å². The van der Waals surface area contributed by atoms with E-state index < -0.39 is 12.7 Å². The molecule has 31 heavy (non-hydrogen) atoms. The van der Waals surface area contributed by atoms with E-state index in [1.165, 1.54) is 12.1 Å². The lowest BCUT2D eigenvalue weighted by molar-refractivity contribution is -0.121. The van der Waals surface area contributed by atoms with Crippen molar-refractivity contribution in [2.24, 2.45) is 0 Å². The minimum atomic E-state index is -2.86. The summed E-state index contributed by atoms with van der Waals surface area (Å²) in [6.45, 7) is -2.43. The fourth-order valence-electron chi connectivity index (χ4n) is 3.28. The lowest BCUT2D eigenvalue weighted by Gasteiger charge is -2.28. The molecule has 5 nitrogen and oxygen atoms in total. The van der Waals surface area contributed by atoms with E-state index in [2.05, 4.69) is 10.1 Å². The number of hydrogen-bond acceptors (Lipinski definition) is 4. The number of amides is 1. The van der Waals surface area contributed by atoms with Gasteiger partial charge >= 0.3 is 6.61 Å². The molecule has 0 saturated heterocycles. The van der Waals surface area contributed by atoms with Gasteiger partial charge in [0.05, 0.1) is 7.11 Å². The smallest absolute Gasteiger partial charge is 0.387 e. The molecule has 0 aliphatic rings. The molecule has 7 heteroatoms. The van der Waals surface area contributed by atoms with Crippen LogP contribution in [0.15, 0.2) is 78.9 Å². The Hall–Kier alpha value is -3.45. The minimum Gasteiger partial charge on any atom is -0.497 e. The van der Waals surface area contributed by atoms with E-state index >= 15 is 0 Å². The summed E-state index contributed by atoms with van der Waals surface area (Å²) in [6.07, 6.45) is 0. The molecule has 3 rings (SSSR count). The maximum Gasteiger partial charge on any atom is 0.387 e. The van der Waals surface area contributed by atoms with E-state index in [0.717, 1.165) is 11.1 Å². The number of halogens is 2. The van der Waals surface area contributed by atoms with Crippen LogP contribution >= 0.6 is 0 Å². The summed E-state index contributed by atoms with van der Waals surface area (Å²) in [5.74, 6) is 0.615. The standard InChI is InChI=1S/C24H24F2N2O3/c1-28(16-17-8-12-21(13-9-17)31-24(25)26)22(18-6-4-3-5-7-18)23(29)27-19-10-14-20(30-2)15-11-19/h3-15,22,24H,16H2,1-2H3,(H,27,29). The van der Waals surface area contributed by atoms with Crippen LogP contribution in [0.25, 0.3) is 0 Å². The number of hydrogen-bond donors (Lipinski definition) is 1. The quantitative estimate of drug-likeness (QED) is 0.517. The van der Waals surface area contributed by atoms with Gasteiger partial charge in [0.1, 0.15) is 17.5 Å². The number of likely N-dealkylation sites (N-methyl/N-ethyl adjacent to an activating group) is 1. The first-order valence-corrected chi connectivity index (χ1v) is 9.70. The Morgan fingerprint density at radius 1 is 0.935 bits per heavy atom. The van der Waals surface area contributed by atoms with Gasteiger partial charge in [0.25, 0.3) is 0 Å². The Kier molecular flexibility index (Phi) is 7.56. The largest absolute Gasteiger partial charge is 0.497 e. The normalized spacial score (nSPS) is 11.9. The van der Waals surface area contributed by atoms with E-state index in [0.29, 0.717) is 18.0 Å². The highest BCUT2D eigenvalue weighted by molar-refractivity contribution is 5.95. The van der Waals surface area contributed by atoms with Crippen molar-refractivity contribution in [3.05, 3.63) is 90.0 Å². The van der Waals surface area contributed by atoms with Crippen LogP contribution in [-0.4, -0.2) is 31.6 Å². The first kappa shape index (κ1) is 22.2. The fraction of sp³-hybridized carbons (Fsp3) is 0.208. The molecule has 0 aromatic heterocycles. The van der Waals surface area contributed by atoms with Crippen LogP contribution < -0.4 is 14.8 Å². The van der Waals surface area contributed by atoms with E-state index in [1.54, 1.807) is 43.5 Å². The van der Waals surface area contributed by atoms with Gasteiger partial charge in [-0.3, -0.25) is 9.69 Å². The third kappa shape index (κ3) is 6.26. The number of nitrogens with zero attached hydrogens (tertiary/aromatic N) is 1. The zero-order valence-electron chi connectivity index (χ0n) is 17.3. The lowest BCUT2D eigenvalue weighted by atomic mass is 10.0. The Morgan fingerprint density at radius 2 is 1.55 bits per heavy atom. The second-order valence-corrected chi connectivity index (χ2v) is 6.97. The highest BCUT2D eigenvalue weighted by atomic mass is 19.3. The number of carbonyl (C=O) groups excluding carboxylic acids is 1. The molecule has 0 aliphatic heterocycles. The molecule has 3 aromatic carbocycles. The number of methoxy groups -OCH3 is 1. The first-order valence-electron chi connectivity index (χ1n) is 9.70. The third-order valence-electron chi connectivity index (χ3n) is 4.74. The Labute approximate surface area is 180 Å². The van der Waals surface area contributed by atoms with Crippen molar-refractivity contribution in [3.8, 4) is 11.5 Å². The molecule has 3 aromatic rings. The minimum absolute atomic E-state index is 0.0956. The number of ether oxygens (including phenoxy) is 2. The Morgan fingerprint density at radius 3 is 2.13 bits per heavy atom. The van der Waals surface area contributed by atoms with Gasteiger partial charge < -0.3 is 14.8 Å². The van der Waals surface area contributed by atoms with Crippen LogP contribution in [0.4, 0.5) is 14.5 Å². The molecular weight excluding hydrogens is 402 g/mol. The molecule has 0 radical (unpaired) electrons. The maximum atomic E-state index is 13.2. The molecule has 0 heterocycles. The van der Waals surface area contributed by atoms with Gasteiger partial charge in [-0.2, -0.15) is 8.78 Å². The van der Waals surface area contributed by atoms with Crippen LogP contribution in [-0.2, 0) is 11.3 Å². The molecule has 1 unspecified atom stereocenters. The van der Waals surface area contributed by atoms with Gasteiger partial charge in [-0.15, -0.1) is 0 Å². The zero-order chi connectivity index (χ0) is 22.2. The molecule has 0 fully saturated rings. The Bertz CT molecular complexity index is 964. The highest BCUT2D eigenvalue weighted by Crippen LogP contribution is 2.25. The van der Waals surface area contributed by atoms with Crippen molar-refractivity contribution in [2.75, 3.05) is 19.5 Å². The van der Waals surface area contributed by atoms with E-state index in [9.17, 15) is 13.6 Å². The summed E-state index contributed by atoms with van der Waals surface area (Å²) in [4.78, 5) is 15.1. The average molecular weight is 426 g/mol. The SMILES string of the molecule is COc1ccc(NC(=O)C(c2ccccc2)N(C)Cc2ccc(OC(F)F)cc2)cc1. The van der Waals surface area contributed by atoms with Gasteiger partial charge in [0, 0.05) is 12.2 Å². The fourth-order valence-corrected chi connectivity index (χ4v) is 3.28. The number of nitrogens with one attached hydrogen (secondary N) is 1. The van der Waals surface area contributed by atoms with E-state index in [-0.39, 0.29) is 11.7 Å². The second-order valence-electron chi connectivity index (χ2n) is 6.97. The van der Waals surface area contributed by atoms with Gasteiger partial charge in [-0.05, 0) is 54.6 Å². The third-order valence-corrected chi connectivity index (χ3v) is 4.74. The molecule has 1 N–H and O–H groups in total. The highest BCUT2D eigenvalue weighted by Gasteiger charge is 2.25. The Balaban J connectivity index is 1.77. The van der Waals surface area contributed by atoms with Gasteiger partial charge in [0.15, 0.2) is 0 Å². The first-order chi connectivity index (χ1) is 15.0. The number of rotatable bonds is 9. The zero-order valence-corrected chi connectivity index (χ0v) is 17.3. The van der Waals surface area contributed by atoms with E-state index in [1.807, 2.05) is 42.3 Å². The molecule has 162 valence electrons. The van der Waals surface area contributed by atoms with Crippen molar-refractivity contribution >= 4 is 11.6 Å². The van der Waals surface area contributed by atoms with Gasteiger partial charge in [-0.1, -0.05) is 42.5 Å². The molecule has 0 spiro atoms. The molecule has 1 amide bonds. The topological polar surface area (TPSA) is 50.8 Å². The van der Waals surface area contributed by atoms with Crippen molar-refractivity contribution in [3.63, 3.8) is 0 Å². The van der Waals surface area contributed by atoms with Crippen molar-refractivity contribution in [1.82, 2.24) is 4.90 Å². The summed E-state index contributed by atoms with van der Waals surface area (Å²) in [6, 6.07) is 22.4. The summed E-state index contributed by atoms with van der Waals surface area (Å²) >= 11 is 0. The van der Waals surface area contributed by atoms with Gasteiger partial charge in [0.2, 0.25) is 5.91 Å². The van der Waals surface area contributed by atoms with Crippen molar-refractivity contribution < 1.29 is 23.0 Å². The van der Waals surface area contributed by atoms with Crippen molar-refractivity contribution in [2.45, 2.75) is 19.2 Å². The van der Waals surface area contributed by atoms with Crippen molar-refractivity contribution in [1.29, 1.82) is 0 Å². The molecule has 0 aliphatic carbocycles. The number of carbonyl (C=O) groups is 1. The maximum absolute atomic E-state index is 13.2. The predicted octanol–water partition coefficient (Wildman–Crippen LogP) is 5.11.